The summed E-state index contributed by atoms with van der Waals surface area (Å²) < 4.78 is 27.1. The molecule has 1 aliphatic rings. The van der Waals surface area contributed by atoms with E-state index in [1.165, 1.54) is 12.5 Å². The Morgan fingerprint density at radius 2 is 2.06 bits per heavy atom. The Hall–Kier alpha value is -2.12. The molecule has 3 aromatic rings. The highest BCUT2D eigenvalue weighted by atomic mass is 35.5. The van der Waals surface area contributed by atoms with E-state index in [0.29, 0.717) is 33.3 Å². The summed E-state index contributed by atoms with van der Waals surface area (Å²) >= 11 is 13.6. The first kappa shape index (κ1) is 26.0. The number of carbonyl (C=O) groups excluding carboxylic acids is 1. The summed E-state index contributed by atoms with van der Waals surface area (Å²) in [5, 5.41) is 19.4. The number of halogens is 2. The van der Waals surface area contributed by atoms with Gasteiger partial charge < -0.3 is 10.4 Å². The standard InChI is InChI=1S/C22H22Cl2N4O5S2/c23-17-4-2-1-3-14(17)19(29)15-8-18(34-21(15)24)20(30)16-9-26-11-27-22(16)28-13-6-5-12(7-13)10-33-35(25,31)32/h1-4,8-9,11-13,19,29H,5-7,10H2,(H2,25,31,32)(H,26,27,28)/t12-,13+,19?/m1/s1. The van der Waals surface area contributed by atoms with Gasteiger partial charge in [0, 0.05) is 28.4 Å². The van der Waals surface area contributed by atoms with Crippen LogP contribution in [0.25, 0.3) is 0 Å². The number of ketones is 1. The number of carbonyl (C=O) groups is 1. The maximum absolute atomic E-state index is 13.3. The molecule has 186 valence electrons. The average molecular weight is 557 g/mol. The van der Waals surface area contributed by atoms with Crippen LogP contribution in [0.4, 0.5) is 5.82 Å². The number of aromatic nitrogens is 2. The van der Waals surface area contributed by atoms with Gasteiger partial charge in [-0.1, -0.05) is 41.4 Å². The van der Waals surface area contributed by atoms with Crippen LogP contribution in [0.5, 0.6) is 0 Å². The molecule has 2 heterocycles. The Labute approximate surface area is 216 Å². The van der Waals surface area contributed by atoms with Crippen LogP contribution in [0.3, 0.4) is 0 Å². The Kier molecular flexibility index (Phi) is 8.06. The van der Waals surface area contributed by atoms with Crippen LogP contribution < -0.4 is 10.5 Å². The van der Waals surface area contributed by atoms with E-state index in [2.05, 4.69) is 15.3 Å². The maximum Gasteiger partial charge on any atom is 0.333 e. The van der Waals surface area contributed by atoms with Crippen LogP contribution in [0.1, 0.15) is 51.7 Å². The first-order chi connectivity index (χ1) is 16.6. The normalized spacial score (nSPS) is 19.0. The van der Waals surface area contributed by atoms with Gasteiger partial charge in [0.15, 0.2) is 0 Å². The van der Waals surface area contributed by atoms with Gasteiger partial charge in [0.1, 0.15) is 18.2 Å². The fourth-order valence-corrected chi connectivity index (χ4v) is 5.93. The molecule has 1 saturated carbocycles. The zero-order valence-electron chi connectivity index (χ0n) is 18.2. The van der Waals surface area contributed by atoms with Crippen molar-refractivity contribution in [1.82, 2.24) is 9.97 Å². The second-order valence-corrected chi connectivity index (χ2v) is 11.5. The van der Waals surface area contributed by atoms with Crippen molar-refractivity contribution in [3.63, 3.8) is 0 Å². The number of nitrogens with one attached hydrogen (secondary N) is 1. The van der Waals surface area contributed by atoms with E-state index in [1.54, 1.807) is 30.3 Å². The summed E-state index contributed by atoms with van der Waals surface area (Å²) in [4.78, 5) is 21.9. The van der Waals surface area contributed by atoms with Crippen molar-refractivity contribution >= 4 is 56.4 Å². The number of anilines is 1. The van der Waals surface area contributed by atoms with Gasteiger partial charge in [0.25, 0.3) is 0 Å². The molecule has 2 aromatic heterocycles. The van der Waals surface area contributed by atoms with Gasteiger partial charge in [-0.2, -0.15) is 8.42 Å². The monoisotopic (exact) mass is 556 g/mol. The Bertz CT molecular complexity index is 1330. The molecule has 4 rings (SSSR count). The van der Waals surface area contributed by atoms with Gasteiger partial charge in [0.05, 0.1) is 21.4 Å². The summed E-state index contributed by atoms with van der Waals surface area (Å²) in [6.07, 6.45) is 3.79. The largest absolute Gasteiger partial charge is 0.384 e. The molecule has 13 heteroatoms. The number of benzene rings is 1. The van der Waals surface area contributed by atoms with E-state index in [4.69, 9.17) is 32.5 Å². The number of aliphatic hydroxyl groups excluding tert-OH is 1. The molecule has 0 aliphatic heterocycles. The minimum Gasteiger partial charge on any atom is -0.384 e. The van der Waals surface area contributed by atoms with Crippen LogP contribution in [0.15, 0.2) is 42.9 Å². The van der Waals surface area contributed by atoms with Crippen molar-refractivity contribution in [1.29, 1.82) is 0 Å². The minimum atomic E-state index is -3.99. The number of nitrogens with zero attached hydrogens (tertiary/aromatic N) is 2. The molecule has 0 spiro atoms. The van der Waals surface area contributed by atoms with Gasteiger partial charge >= 0.3 is 10.3 Å². The summed E-state index contributed by atoms with van der Waals surface area (Å²) in [5.74, 6) is 0.0298. The quantitative estimate of drug-likeness (QED) is 0.336. The molecule has 0 saturated heterocycles. The highest BCUT2D eigenvalue weighted by Gasteiger charge is 2.28. The average Bonchev–Trinajstić information content (AvgIpc) is 3.43. The van der Waals surface area contributed by atoms with Gasteiger partial charge in [-0.05, 0) is 37.3 Å². The lowest BCUT2D eigenvalue weighted by Crippen LogP contribution is -2.22. The van der Waals surface area contributed by atoms with E-state index in [1.807, 2.05) is 0 Å². The molecule has 1 aromatic carbocycles. The van der Waals surface area contributed by atoms with Crippen molar-refractivity contribution < 1.29 is 22.5 Å². The van der Waals surface area contributed by atoms with Crippen molar-refractivity contribution in [2.45, 2.75) is 31.4 Å². The SMILES string of the molecule is NS(=O)(=O)OC[C@@H]1CC[C@H](Nc2ncncc2C(=O)c2cc(C(O)c3ccccc3Cl)c(Cl)s2)C1. The summed E-state index contributed by atoms with van der Waals surface area (Å²) in [5.41, 5.74) is 1.13. The van der Waals surface area contributed by atoms with Crippen LogP contribution in [-0.2, 0) is 14.5 Å². The molecule has 4 N–H and O–H groups in total. The first-order valence-electron chi connectivity index (χ1n) is 10.6. The fraction of sp³-hybridized carbons (Fsp3) is 0.318. The number of aliphatic hydroxyl groups is 1. The second-order valence-electron chi connectivity index (χ2n) is 8.18. The number of hydrogen-bond acceptors (Lipinski definition) is 9. The molecule has 3 atom stereocenters. The molecule has 0 radical (unpaired) electrons. The van der Waals surface area contributed by atoms with E-state index >= 15 is 0 Å². The van der Waals surface area contributed by atoms with Gasteiger partial charge in [-0.3, -0.25) is 8.98 Å². The third kappa shape index (κ3) is 6.36. The van der Waals surface area contributed by atoms with E-state index < -0.39 is 16.4 Å². The third-order valence-corrected chi connectivity index (χ3v) is 7.93. The smallest absolute Gasteiger partial charge is 0.333 e. The van der Waals surface area contributed by atoms with Crippen LogP contribution in [0.2, 0.25) is 9.36 Å². The van der Waals surface area contributed by atoms with E-state index in [-0.39, 0.29) is 34.2 Å². The maximum atomic E-state index is 13.3. The van der Waals surface area contributed by atoms with Crippen LogP contribution in [-0.4, -0.2) is 41.9 Å². The van der Waals surface area contributed by atoms with Crippen molar-refractivity contribution in [2.24, 2.45) is 11.1 Å². The minimum absolute atomic E-state index is 0.0107. The zero-order chi connectivity index (χ0) is 25.2. The predicted octanol–water partition coefficient (Wildman–Crippen LogP) is 3.96. The lowest BCUT2D eigenvalue weighted by molar-refractivity contribution is 0.104. The Balaban J connectivity index is 1.50. The van der Waals surface area contributed by atoms with Gasteiger partial charge in [0.2, 0.25) is 5.78 Å². The highest BCUT2D eigenvalue weighted by molar-refractivity contribution is 7.84. The molecule has 1 fully saturated rings. The first-order valence-corrected chi connectivity index (χ1v) is 13.7. The van der Waals surface area contributed by atoms with Crippen molar-refractivity contribution in [3.05, 3.63) is 73.8 Å². The van der Waals surface area contributed by atoms with Crippen molar-refractivity contribution in [2.75, 3.05) is 11.9 Å². The third-order valence-electron chi connectivity index (χ3n) is 5.74. The number of thiophene rings is 1. The van der Waals surface area contributed by atoms with Crippen LogP contribution >= 0.6 is 34.5 Å². The summed E-state index contributed by atoms with van der Waals surface area (Å²) in [6, 6.07) is 8.39. The predicted molar refractivity (Wildman–Crippen MR) is 134 cm³/mol. The van der Waals surface area contributed by atoms with Gasteiger partial charge in [-0.15, -0.1) is 11.3 Å². The molecule has 9 nitrogen and oxygen atoms in total. The molecular formula is C22H22Cl2N4O5S2. The molecular weight excluding hydrogens is 535 g/mol. The Morgan fingerprint density at radius 1 is 1.29 bits per heavy atom. The lowest BCUT2D eigenvalue weighted by Gasteiger charge is -2.15. The second kappa shape index (κ2) is 10.9. The zero-order valence-corrected chi connectivity index (χ0v) is 21.4. The molecule has 1 aliphatic carbocycles. The summed E-state index contributed by atoms with van der Waals surface area (Å²) in [7, 11) is -3.99. The molecule has 0 amide bonds. The van der Waals surface area contributed by atoms with Gasteiger partial charge in [-0.25, -0.2) is 15.1 Å². The lowest BCUT2D eigenvalue weighted by atomic mass is 10.0. The number of rotatable bonds is 9. The molecule has 1 unspecified atom stereocenters. The summed E-state index contributed by atoms with van der Waals surface area (Å²) in [6.45, 7) is 0.0107. The fourth-order valence-electron chi connectivity index (χ4n) is 4.03. The topological polar surface area (TPSA) is 144 Å². The van der Waals surface area contributed by atoms with E-state index in [0.717, 1.165) is 24.2 Å². The van der Waals surface area contributed by atoms with Crippen molar-refractivity contribution in [3.8, 4) is 0 Å². The number of hydrogen-bond donors (Lipinski definition) is 3. The molecule has 0 bridgehead atoms. The van der Waals surface area contributed by atoms with E-state index in [9.17, 15) is 18.3 Å². The number of nitrogens with two attached hydrogens (primary N) is 1. The van der Waals surface area contributed by atoms with Crippen LogP contribution in [0, 0.1) is 5.92 Å². The Morgan fingerprint density at radius 3 is 2.80 bits per heavy atom. The highest BCUT2D eigenvalue weighted by Crippen LogP contribution is 2.38. The molecule has 35 heavy (non-hydrogen) atoms.